The number of thiocarbonyl (C=S) groups is 1. The Balaban J connectivity index is -0.000000500. The number of hydrogen-bond acceptors (Lipinski definition) is 2. The Morgan fingerprint density at radius 1 is 1.62 bits per heavy atom. The predicted molar refractivity (Wildman–Crippen MR) is 65.3 cm³/mol. The Labute approximate surface area is 174 Å². The van der Waals surface area contributed by atoms with Gasteiger partial charge in [-0.15, -0.1) is 12.6 Å². The molecule has 0 bridgehead atoms. The summed E-state index contributed by atoms with van der Waals surface area (Å²) in [5.41, 5.74) is 0. The van der Waals surface area contributed by atoms with Crippen LogP contribution in [0.1, 0.15) is 19.8 Å². The van der Waals surface area contributed by atoms with E-state index in [0.29, 0.717) is 6.42 Å². The first-order valence-corrected chi connectivity index (χ1v) is 4.15. The average Bonchev–Trinajstić information content (AvgIpc) is 1.86. The predicted octanol–water partition coefficient (Wildman–Crippen LogP) is -0.253. The summed E-state index contributed by atoms with van der Waals surface area (Å²) in [5, 5.41) is 11.2. The third-order valence-corrected chi connectivity index (χ3v) is 1.42. The molecule has 0 saturated carbocycles. The van der Waals surface area contributed by atoms with Crippen LogP contribution in [0, 0.1) is 0 Å². The minimum atomic E-state index is -0.886. The molecule has 0 aliphatic carbocycles. The Bertz CT molecular complexity index is 169. The normalized spacial score (nSPS) is 10.3. The fraction of sp³-hybridized carbons (Fsp3) is 0.667. The molecular formula is C6H13K2NO2S2. The first-order chi connectivity index (χ1) is 5.07. The Kier molecular flexibility index (Phi) is 21.4. The number of carbonyl (C=O) groups is 1. The van der Waals surface area contributed by atoms with Crippen LogP contribution in [0.25, 0.3) is 0 Å². The molecule has 0 spiro atoms. The Morgan fingerprint density at radius 2 is 2.08 bits per heavy atom. The number of hydrogen-bond donors (Lipinski definition) is 3. The van der Waals surface area contributed by atoms with Gasteiger partial charge in [-0.1, -0.05) is 25.6 Å². The van der Waals surface area contributed by atoms with Gasteiger partial charge in [-0.2, -0.15) is 0 Å². The van der Waals surface area contributed by atoms with E-state index in [4.69, 9.17) is 5.11 Å². The van der Waals surface area contributed by atoms with E-state index in [2.05, 4.69) is 30.2 Å². The molecule has 0 aliphatic heterocycles. The van der Waals surface area contributed by atoms with Gasteiger partial charge in [0.15, 0.2) is 0 Å². The summed E-state index contributed by atoms with van der Waals surface area (Å²) >= 11 is 8.38. The average molecular weight is 274 g/mol. The number of carboxylic acids is 1. The Hall–Kier alpha value is 2.98. The summed E-state index contributed by atoms with van der Waals surface area (Å²) in [6.45, 7) is 1.92. The van der Waals surface area contributed by atoms with Crippen LogP contribution in [-0.4, -0.2) is 124 Å². The first-order valence-electron chi connectivity index (χ1n) is 3.30. The van der Waals surface area contributed by atoms with E-state index in [1.165, 1.54) is 0 Å². The molecule has 0 aromatic carbocycles. The van der Waals surface area contributed by atoms with Crippen LogP contribution in [0.4, 0.5) is 0 Å². The maximum absolute atomic E-state index is 10.5. The van der Waals surface area contributed by atoms with Crippen molar-refractivity contribution in [2.75, 3.05) is 0 Å². The molecule has 0 saturated heterocycles. The van der Waals surface area contributed by atoms with Crippen LogP contribution in [0.2, 0.25) is 0 Å². The van der Waals surface area contributed by atoms with Crippen LogP contribution in [0.15, 0.2) is 0 Å². The number of rotatable bonds is 4. The zero-order valence-electron chi connectivity index (χ0n) is 6.20. The van der Waals surface area contributed by atoms with Gasteiger partial charge in [0.1, 0.15) is 10.4 Å². The van der Waals surface area contributed by atoms with Gasteiger partial charge in [-0.3, -0.25) is 0 Å². The zero-order chi connectivity index (χ0) is 8.85. The molecule has 0 aromatic rings. The van der Waals surface area contributed by atoms with E-state index in [0.717, 1.165) is 6.42 Å². The van der Waals surface area contributed by atoms with Crippen molar-refractivity contribution in [2.24, 2.45) is 0 Å². The van der Waals surface area contributed by atoms with Gasteiger partial charge >= 0.3 is 109 Å². The van der Waals surface area contributed by atoms with E-state index in [-0.39, 0.29) is 107 Å². The van der Waals surface area contributed by atoms with E-state index in [9.17, 15) is 4.79 Å². The second-order valence-corrected chi connectivity index (χ2v) is 3.29. The molecule has 68 valence electrons. The van der Waals surface area contributed by atoms with Crippen molar-refractivity contribution in [3.8, 4) is 0 Å². The van der Waals surface area contributed by atoms with Crippen LogP contribution >= 0.6 is 24.8 Å². The van der Waals surface area contributed by atoms with Crippen LogP contribution in [-0.2, 0) is 4.79 Å². The second kappa shape index (κ2) is 13.0. The van der Waals surface area contributed by atoms with Gasteiger partial charge in [0.2, 0.25) is 0 Å². The molecule has 0 aromatic heterocycles. The third-order valence-electron chi connectivity index (χ3n) is 1.17. The van der Waals surface area contributed by atoms with Crippen molar-refractivity contribution in [3.05, 3.63) is 0 Å². The fourth-order valence-corrected chi connectivity index (χ4v) is 0.993. The molecule has 0 radical (unpaired) electrons. The maximum atomic E-state index is 10.5. The zero-order valence-corrected chi connectivity index (χ0v) is 7.91. The number of carboxylic acid groups (broad SMARTS) is 1. The molecule has 0 heterocycles. The quantitative estimate of drug-likeness (QED) is 0.375. The van der Waals surface area contributed by atoms with Crippen molar-refractivity contribution in [2.45, 2.75) is 25.8 Å². The number of nitrogens with one attached hydrogen (secondary N) is 1. The van der Waals surface area contributed by atoms with Crippen molar-refractivity contribution in [3.63, 3.8) is 0 Å². The van der Waals surface area contributed by atoms with Gasteiger partial charge in [0, 0.05) is 0 Å². The monoisotopic (exact) mass is 273 g/mol. The van der Waals surface area contributed by atoms with E-state index in [1.807, 2.05) is 6.92 Å². The minimum absolute atomic E-state index is 0. The summed E-state index contributed by atoms with van der Waals surface area (Å²) in [4.78, 5) is 10.5. The summed E-state index contributed by atoms with van der Waals surface area (Å²) in [6.07, 6.45) is 1.37. The summed E-state index contributed by atoms with van der Waals surface area (Å²) < 4.78 is 0.228. The van der Waals surface area contributed by atoms with Gasteiger partial charge in [0.05, 0.1) is 0 Å². The molecule has 3 nitrogen and oxygen atoms in total. The Morgan fingerprint density at radius 3 is 2.31 bits per heavy atom. The van der Waals surface area contributed by atoms with Crippen molar-refractivity contribution < 1.29 is 9.90 Å². The van der Waals surface area contributed by atoms with Gasteiger partial charge in [0.25, 0.3) is 0 Å². The van der Waals surface area contributed by atoms with Crippen LogP contribution < -0.4 is 5.32 Å². The number of aliphatic carboxylic acids is 1. The molecule has 0 rings (SSSR count). The molecule has 13 heavy (non-hydrogen) atoms. The van der Waals surface area contributed by atoms with Crippen LogP contribution in [0.3, 0.4) is 0 Å². The van der Waals surface area contributed by atoms with Crippen LogP contribution in [0.5, 0.6) is 0 Å². The topological polar surface area (TPSA) is 49.3 Å². The molecule has 0 aliphatic rings. The fourth-order valence-electron chi connectivity index (χ4n) is 0.695. The first kappa shape index (κ1) is 21.3. The van der Waals surface area contributed by atoms with E-state index in [1.54, 1.807) is 0 Å². The molecule has 1 unspecified atom stereocenters. The van der Waals surface area contributed by atoms with Gasteiger partial charge < -0.3 is 10.4 Å². The van der Waals surface area contributed by atoms with E-state index >= 15 is 0 Å². The standard InChI is InChI=1S/C6H11NO2S2.2K.2H/c1-2-3-4(5(8)9)7-6(10)11;;;;/h4H,2-3H2,1H3,(H,8,9)(H2,7,10,11);;;;. The SMILES string of the molecule is CCCC(NC(=S)S)C(=O)O.[KH].[KH]. The second-order valence-electron chi connectivity index (χ2n) is 2.13. The summed E-state index contributed by atoms with van der Waals surface area (Å²) in [5.74, 6) is -0.886. The van der Waals surface area contributed by atoms with E-state index < -0.39 is 12.0 Å². The molecule has 0 amide bonds. The molecule has 0 fully saturated rings. The van der Waals surface area contributed by atoms with Gasteiger partial charge in [-0.25, -0.2) is 4.79 Å². The van der Waals surface area contributed by atoms with Gasteiger partial charge in [-0.05, 0) is 6.42 Å². The third kappa shape index (κ3) is 12.9. The molecule has 2 N–H and O–H groups in total. The van der Waals surface area contributed by atoms with Crippen molar-refractivity contribution >= 4 is 138 Å². The van der Waals surface area contributed by atoms with Crippen molar-refractivity contribution in [1.82, 2.24) is 5.32 Å². The van der Waals surface area contributed by atoms with Crippen molar-refractivity contribution in [1.29, 1.82) is 0 Å². The molecule has 1 atom stereocenters. The summed E-state index contributed by atoms with van der Waals surface area (Å²) in [7, 11) is 0. The summed E-state index contributed by atoms with van der Waals surface area (Å²) in [6, 6.07) is -0.593. The number of thiol groups is 1. The molecule has 7 heteroatoms. The molecular weight excluding hydrogens is 260 g/mol.